The van der Waals surface area contributed by atoms with E-state index in [0.29, 0.717) is 0 Å². The lowest BCUT2D eigenvalue weighted by Gasteiger charge is -2.09. The van der Waals surface area contributed by atoms with Crippen LogP contribution in [-0.4, -0.2) is 5.10 Å². The number of pyridine rings is 1. The second kappa shape index (κ2) is 5.86. The van der Waals surface area contributed by atoms with Gasteiger partial charge in [0.25, 0.3) is 0 Å². The van der Waals surface area contributed by atoms with Crippen molar-refractivity contribution in [1.82, 2.24) is 5.10 Å². The summed E-state index contributed by atoms with van der Waals surface area (Å²) in [6, 6.07) is 36.3. The number of hydrogen-bond donors (Lipinski definition) is 0. The lowest BCUT2D eigenvalue weighted by Crippen LogP contribution is -2.28. The van der Waals surface area contributed by atoms with Gasteiger partial charge in [0.15, 0.2) is 0 Å². The van der Waals surface area contributed by atoms with Crippen LogP contribution >= 0.6 is 0 Å². The van der Waals surface area contributed by atoms with Crippen molar-refractivity contribution in [3.63, 3.8) is 0 Å². The van der Waals surface area contributed by atoms with Crippen LogP contribution in [0.5, 0.6) is 0 Å². The van der Waals surface area contributed by atoms with Gasteiger partial charge in [-0.1, -0.05) is 78.9 Å². The molecular formula is C26H17N2+. The zero-order valence-corrected chi connectivity index (χ0v) is 15.2. The summed E-state index contributed by atoms with van der Waals surface area (Å²) in [6.07, 6.45) is 0. The summed E-state index contributed by atoms with van der Waals surface area (Å²) in [7, 11) is 0. The van der Waals surface area contributed by atoms with Crippen LogP contribution in [0.3, 0.4) is 0 Å². The molecule has 6 aromatic rings. The van der Waals surface area contributed by atoms with Gasteiger partial charge in [-0.15, -0.1) is 0 Å². The average molecular weight is 357 g/mol. The van der Waals surface area contributed by atoms with E-state index in [1.54, 1.807) is 0 Å². The number of fused-ring (bicyclic) bond motifs is 7. The van der Waals surface area contributed by atoms with E-state index in [1.165, 1.54) is 27.3 Å². The van der Waals surface area contributed by atoms with Crippen molar-refractivity contribution in [3.8, 4) is 11.1 Å². The van der Waals surface area contributed by atoms with E-state index >= 15 is 0 Å². The van der Waals surface area contributed by atoms with Gasteiger partial charge in [0.1, 0.15) is 5.52 Å². The van der Waals surface area contributed by atoms with Crippen LogP contribution in [-0.2, 0) is 0 Å². The topological polar surface area (TPSA) is 17.0 Å². The third-order valence-electron chi connectivity index (χ3n) is 5.49. The van der Waals surface area contributed by atoms with E-state index in [0.717, 1.165) is 21.9 Å². The van der Waals surface area contributed by atoms with Gasteiger partial charge in [-0.2, -0.15) is 0 Å². The Morgan fingerprint density at radius 2 is 1.32 bits per heavy atom. The molecule has 0 saturated heterocycles. The Kier molecular flexibility index (Phi) is 3.20. The molecular weight excluding hydrogens is 340 g/mol. The Morgan fingerprint density at radius 1 is 0.571 bits per heavy atom. The summed E-state index contributed by atoms with van der Waals surface area (Å²) < 4.78 is 2.10. The first-order valence-corrected chi connectivity index (χ1v) is 9.51. The number of nitrogens with zero attached hydrogens (tertiary/aromatic N) is 2. The Morgan fingerprint density at radius 3 is 2.25 bits per heavy atom. The van der Waals surface area contributed by atoms with Crippen molar-refractivity contribution in [3.05, 3.63) is 103 Å². The molecule has 6 rings (SSSR count). The quantitative estimate of drug-likeness (QED) is 0.202. The molecule has 2 heteroatoms. The predicted octanol–water partition coefficient (Wildman–Crippen LogP) is 5.95. The zero-order chi connectivity index (χ0) is 18.5. The maximum atomic E-state index is 5.01. The summed E-state index contributed by atoms with van der Waals surface area (Å²) in [6.45, 7) is 0. The van der Waals surface area contributed by atoms with Crippen LogP contribution in [0.1, 0.15) is 0 Å². The van der Waals surface area contributed by atoms with Crippen LogP contribution < -0.4 is 4.52 Å². The molecule has 0 saturated carbocycles. The molecule has 130 valence electrons. The molecule has 0 aliphatic carbocycles. The Labute approximate surface area is 162 Å². The summed E-state index contributed by atoms with van der Waals surface area (Å²) in [5.74, 6) is 0. The van der Waals surface area contributed by atoms with E-state index in [9.17, 15) is 0 Å². The summed E-state index contributed by atoms with van der Waals surface area (Å²) in [5, 5.41) is 9.88. The monoisotopic (exact) mass is 357 g/mol. The van der Waals surface area contributed by atoms with Gasteiger partial charge in [0, 0.05) is 28.0 Å². The maximum Gasteiger partial charge on any atom is 0.247 e. The third-order valence-corrected chi connectivity index (χ3v) is 5.49. The number of para-hydroxylation sites is 1. The molecule has 0 aliphatic heterocycles. The van der Waals surface area contributed by atoms with Crippen LogP contribution in [0.4, 0.5) is 0 Å². The van der Waals surface area contributed by atoms with Gasteiger partial charge in [-0.25, -0.2) is 0 Å². The van der Waals surface area contributed by atoms with Crippen molar-refractivity contribution < 1.29 is 4.52 Å². The molecule has 2 aromatic heterocycles. The van der Waals surface area contributed by atoms with Gasteiger partial charge in [0.05, 0.1) is 10.8 Å². The largest absolute Gasteiger partial charge is 0.247 e. The fraction of sp³-hybridized carbons (Fsp3) is 0. The molecule has 0 atom stereocenters. The lowest BCUT2D eigenvalue weighted by atomic mass is 9.95. The summed E-state index contributed by atoms with van der Waals surface area (Å²) in [4.78, 5) is 0. The first-order chi connectivity index (χ1) is 13.9. The summed E-state index contributed by atoms with van der Waals surface area (Å²) in [5.41, 5.74) is 5.71. The van der Waals surface area contributed by atoms with Gasteiger partial charge in [0.2, 0.25) is 11.0 Å². The number of rotatable bonds is 1. The smallest absolute Gasteiger partial charge is 0.0622 e. The van der Waals surface area contributed by atoms with Crippen LogP contribution in [0.2, 0.25) is 0 Å². The van der Waals surface area contributed by atoms with Crippen molar-refractivity contribution in [1.29, 1.82) is 0 Å². The molecule has 0 N–H and O–H groups in total. The van der Waals surface area contributed by atoms with Crippen molar-refractivity contribution in [2.75, 3.05) is 0 Å². The Balaban J connectivity index is 1.93. The van der Waals surface area contributed by atoms with E-state index in [2.05, 4.69) is 102 Å². The van der Waals surface area contributed by atoms with Gasteiger partial charge in [-0.3, -0.25) is 0 Å². The Hall–Kier alpha value is -3.78. The molecule has 0 bridgehead atoms. The van der Waals surface area contributed by atoms with Crippen molar-refractivity contribution >= 4 is 38.1 Å². The molecule has 0 unspecified atom stereocenters. The Bertz CT molecular complexity index is 1500. The highest BCUT2D eigenvalue weighted by Crippen LogP contribution is 2.34. The van der Waals surface area contributed by atoms with Crippen LogP contribution in [0.15, 0.2) is 103 Å². The van der Waals surface area contributed by atoms with E-state index in [4.69, 9.17) is 5.10 Å². The number of aromatic nitrogens is 2. The molecule has 0 radical (unpaired) electrons. The standard InChI is InChI=1S/C26H17N2/c1-2-9-18(10-3-1)20-13-8-14-22-21-12-5-7-16-24(21)28-25(26(20)22)17-19-11-4-6-15-23(19)27-28/h1-17H/q+1. The second-order valence-corrected chi connectivity index (χ2v) is 7.11. The fourth-order valence-electron chi connectivity index (χ4n) is 4.23. The predicted molar refractivity (Wildman–Crippen MR) is 115 cm³/mol. The van der Waals surface area contributed by atoms with Gasteiger partial charge >= 0.3 is 0 Å². The molecule has 28 heavy (non-hydrogen) atoms. The maximum absolute atomic E-state index is 5.01. The van der Waals surface area contributed by atoms with Crippen molar-refractivity contribution in [2.45, 2.75) is 0 Å². The highest BCUT2D eigenvalue weighted by molar-refractivity contribution is 6.15. The molecule has 4 aromatic carbocycles. The van der Waals surface area contributed by atoms with Gasteiger partial charge < -0.3 is 0 Å². The van der Waals surface area contributed by atoms with Crippen LogP contribution in [0, 0.1) is 0 Å². The number of hydrogen-bond acceptors (Lipinski definition) is 1. The highest BCUT2D eigenvalue weighted by Gasteiger charge is 2.20. The minimum absolute atomic E-state index is 1.00. The van der Waals surface area contributed by atoms with E-state index < -0.39 is 0 Å². The molecule has 0 amide bonds. The third kappa shape index (κ3) is 2.15. The first kappa shape index (κ1) is 15.3. The molecule has 0 aliphatic rings. The average Bonchev–Trinajstić information content (AvgIpc) is 2.78. The van der Waals surface area contributed by atoms with E-state index in [-0.39, 0.29) is 0 Å². The van der Waals surface area contributed by atoms with Crippen LogP contribution in [0.25, 0.3) is 49.2 Å². The minimum Gasteiger partial charge on any atom is -0.0622 e. The highest BCUT2D eigenvalue weighted by atomic mass is 15.2. The molecule has 2 nitrogen and oxygen atoms in total. The zero-order valence-electron chi connectivity index (χ0n) is 15.2. The van der Waals surface area contributed by atoms with Crippen molar-refractivity contribution in [2.24, 2.45) is 0 Å². The minimum atomic E-state index is 1.00. The first-order valence-electron chi connectivity index (χ1n) is 9.51. The van der Waals surface area contributed by atoms with Gasteiger partial charge in [-0.05, 0) is 27.8 Å². The molecule has 0 fully saturated rings. The van der Waals surface area contributed by atoms with E-state index in [1.807, 2.05) is 6.07 Å². The fourth-order valence-corrected chi connectivity index (χ4v) is 4.23. The lowest BCUT2D eigenvalue weighted by molar-refractivity contribution is -0.548. The SMILES string of the molecule is c1ccc(-c2cccc3c4ccccc4[n+]4nc5ccccc5cc4c23)cc1. The molecule has 2 heterocycles. The normalized spacial score (nSPS) is 11.6. The summed E-state index contributed by atoms with van der Waals surface area (Å²) >= 11 is 0. The molecule has 0 spiro atoms. The second-order valence-electron chi connectivity index (χ2n) is 7.11. The number of benzene rings is 4.